The van der Waals surface area contributed by atoms with Gasteiger partial charge in [0.2, 0.25) is 0 Å². The summed E-state index contributed by atoms with van der Waals surface area (Å²) in [7, 11) is 0. The summed E-state index contributed by atoms with van der Waals surface area (Å²) in [6, 6.07) is 1.56. The van der Waals surface area contributed by atoms with E-state index in [2.05, 4.69) is 118 Å². The summed E-state index contributed by atoms with van der Waals surface area (Å²) in [5, 5.41) is 18.5. The zero-order valence-electron chi connectivity index (χ0n) is 22.1. The summed E-state index contributed by atoms with van der Waals surface area (Å²) in [6.45, 7) is 32.3. The van der Waals surface area contributed by atoms with Crippen molar-refractivity contribution in [1.82, 2.24) is 0 Å². The Morgan fingerprint density at radius 1 is 0.484 bits per heavy atom. The van der Waals surface area contributed by atoms with Gasteiger partial charge >= 0.3 is 19.5 Å². The topological polar surface area (TPSA) is 90.5 Å². The van der Waals surface area contributed by atoms with Crippen LogP contribution in [-0.2, 0) is 29.1 Å². The normalized spacial score (nSPS) is 12.5. The van der Waals surface area contributed by atoms with Gasteiger partial charge in [-0.15, -0.1) is 24.2 Å². The van der Waals surface area contributed by atoms with Crippen LogP contribution < -0.4 is 0 Å². The van der Waals surface area contributed by atoms with E-state index in [9.17, 15) is 0 Å². The van der Waals surface area contributed by atoms with Crippen molar-refractivity contribution < 1.29 is 29.1 Å². The minimum atomic E-state index is 0. The van der Waals surface area contributed by atoms with Gasteiger partial charge in [0, 0.05) is 0 Å². The molecule has 0 spiro atoms. The summed E-state index contributed by atoms with van der Waals surface area (Å²) in [5.74, 6) is 1.15. The van der Waals surface area contributed by atoms with Crippen LogP contribution in [0.2, 0.25) is 0 Å². The van der Waals surface area contributed by atoms with E-state index in [1.165, 1.54) is 0 Å². The maximum atomic E-state index is 7.75. The van der Waals surface area contributed by atoms with E-state index < -0.39 is 0 Å². The molecule has 6 nitrogen and oxygen atoms in total. The van der Waals surface area contributed by atoms with Crippen LogP contribution in [0.15, 0.2) is 0 Å². The number of hydrogen-bond donors (Lipinski definition) is 0. The third kappa shape index (κ3) is 29.8. The Kier molecular flexibility index (Phi) is 36.9. The molecule has 0 aromatic carbocycles. The zero-order chi connectivity index (χ0) is 24.9. The van der Waals surface area contributed by atoms with Crippen molar-refractivity contribution >= 4 is 13.6 Å². The largest absolute Gasteiger partial charge is 6.00 e. The molecule has 31 heavy (non-hydrogen) atoms. The van der Waals surface area contributed by atoms with Crippen molar-refractivity contribution in [2.45, 2.75) is 132 Å². The maximum Gasteiger partial charge on any atom is 6.00 e. The van der Waals surface area contributed by atoms with Gasteiger partial charge in [-0.05, 0) is 0 Å². The van der Waals surface area contributed by atoms with Crippen LogP contribution in [0.1, 0.15) is 95.9 Å². The number of nitrogens with zero attached hydrogens (tertiary/aromatic N) is 4. The molecule has 0 amide bonds. The zero-order valence-corrected chi connectivity index (χ0v) is 23.9. The molecule has 7 heteroatoms. The molecular weight excluding hydrogens is 477 g/mol. The number of rotatable bonds is 12. The van der Waals surface area contributed by atoms with E-state index in [1.807, 2.05) is 0 Å². The van der Waals surface area contributed by atoms with Crippen LogP contribution in [0.4, 0.5) is 0 Å². The van der Waals surface area contributed by atoms with Gasteiger partial charge in [0.1, 0.15) is 0 Å². The molecular formula is C24H50N4O2Ru. The molecule has 186 valence electrons. The minimum Gasteiger partial charge on any atom is -0.675 e. The van der Waals surface area contributed by atoms with Crippen molar-refractivity contribution in [3.8, 4) is 0 Å². The molecule has 2 atom stereocenters. The fourth-order valence-electron chi connectivity index (χ4n) is 2.31. The van der Waals surface area contributed by atoms with Crippen LogP contribution >= 0.6 is 0 Å². The Balaban J connectivity index is -0.000000122. The summed E-state index contributed by atoms with van der Waals surface area (Å²) in [4.78, 5) is 15.5. The van der Waals surface area contributed by atoms with Crippen LogP contribution in [0.3, 0.4) is 0 Å². The molecule has 2 unspecified atom stereocenters. The Morgan fingerprint density at radius 3 is 0.742 bits per heavy atom. The first kappa shape index (κ1) is 41.1. The molecule has 0 saturated heterocycles. The molecule has 0 bridgehead atoms. The van der Waals surface area contributed by atoms with Crippen LogP contribution in [0, 0.1) is 11.8 Å². The first-order valence-corrected chi connectivity index (χ1v) is 11.2. The van der Waals surface area contributed by atoms with Crippen molar-refractivity contribution in [2.24, 2.45) is 11.8 Å². The van der Waals surface area contributed by atoms with Gasteiger partial charge in [0.15, 0.2) is 0 Å². The predicted octanol–water partition coefficient (Wildman–Crippen LogP) is 7.29. The van der Waals surface area contributed by atoms with E-state index in [1.54, 1.807) is 0 Å². The fraction of sp³-hybridized carbons (Fsp3) is 0.917. The van der Waals surface area contributed by atoms with Crippen molar-refractivity contribution in [1.29, 1.82) is 0 Å². The predicted molar refractivity (Wildman–Crippen MR) is 134 cm³/mol. The quantitative estimate of drug-likeness (QED) is 0.151. The molecule has 0 aliphatic heterocycles. The SMILES string of the molecule is CCC(C)C([N-]C(C)C)[N-]C(C)C.CCC(C)C([N-]C(C)C)[N-]C(C)C.[CH-]=O.[CH-]=O.[Ru+6]. The summed E-state index contributed by atoms with van der Waals surface area (Å²) < 4.78 is 0. The minimum absolute atomic E-state index is 0. The summed E-state index contributed by atoms with van der Waals surface area (Å²) in [6.07, 6.45) is 2.70. The standard InChI is InChI=1S/2C11H24N2.2CHO.Ru/c2*1-7-10(6)11(12-8(2)3)13-9(4)5;2*1-2;/h2*8-11H,7H2,1-6H3;2*1H;/q2*-2;2*-1;+6. The van der Waals surface area contributed by atoms with Crippen LogP contribution in [0.5, 0.6) is 0 Å². The second kappa shape index (κ2) is 27.8. The van der Waals surface area contributed by atoms with Crippen molar-refractivity contribution in [3.05, 3.63) is 21.3 Å². The van der Waals surface area contributed by atoms with Gasteiger partial charge < -0.3 is 30.9 Å². The summed E-state index contributed by atoms with van der Waals surface area (Å²) in [5.41, 5.74) is 0. The first-order valence-electron chi connectivity index (χ1n) is 11.2. The third-order valence-electron chi connectivity index (χ3n) is 4.11. The van der Waals surface area contributed by atoms with Crippen molar-refractivity contribution in [3.63, 3.8) is 0 Å². The Bertz CT molecular complexity index is 294. The maximum absolute atomic E-state index is 7.75. The second-order valence-electron chi connectivity index (χ2n) is 8.57. The van der Waals surface area contributed by atoms with E-state index >= 15 is 0 Å². The van der Waals surface area contributed by atoms with Gasteiger partial charge in [0.05, 0.1) is 0 Å². The molecule has 0 radical (unpaired) electrons. The second-order valence-corrected chi connectivity index (χ2v) is 8.57. The monoisotopic (exact) mass is 528 g/mol. The molecule has 0 rings (SSSR count). The van der Waals surface area contributed by atoms with Crippen molar-refractivity contribution in [2.75, 3.05) is 0 Å². The van der Waals surface area contributed by atoms with Gasteiger partial charge in [0.25, 0.3) is 0 Å². The third-order valence-corrected chi connectivity index (χ3v) is 4.11. The molecule has 0 aromatic rings. The van der Waals surface area contributed by atoms with Gasteiger partial charge in [-0.3, -0.25) is 13.6 Å². The van der Waals surface area contributed by atoms with E-state index in [-0.39, 0.29) is 31.8 Å². The van der Waals surface area contributed by atoms with Gasteiger partial charge in [-0.25, -0.2) is 12.3 Å². The summed E-state index contributed by atoms with van der Waals surface area (Å²) >= 11 is 0. The Morgan fingerprint density at radius 2 is 0.645 bits per heavy atom. The van der Waals surface area contributed by atoms with E-state index in [4.69, 9.17) is 9.59 Å². The molecule has 0 heterocycles. The average molecular weight is 528 g/mol. The van der Waals surface area contributed by atoms with Gasteiger partial charge in [-0.2, -0.15) is 0 Å². The molecule has 0 aliphatic carbocycles. The van der Waals surface area contributed by atoms with Crippen LogP contribution in [-0.4, -0.2) is 50.1 Å². The number of carbonyl (C=O) groups excluding carboxylic acids is 2. The molecule has 0 N–H and O–H groups in total. The molecule has 0 aliphatic rings. The van der Waals surface area contributed by atoms with E-state index in [0.717, 1.165) is 12.8 Å². The number of hydrogen-bond acceptors (Lipinski definition) is 2. The molecule has 0 fully saturated rings. The van der Waals surface area contributed by atoms with E-state index in [0.29, 0.717) is 36.0 Å². The Labute approximate surface area is 208 Å². The average Bonchev–Trinajstić information content (AvgIpc) is 2.67. The smallest absolute Gasteiger partial charge is 0.675 e. The fourth-order valence-corrected chi connectivity index (χ4v) is 2.31. The molecule has 0 aromatic heterocycles. The van der Waals surface area contributed by atoms with Crippen LogP contribution in [0.25, 0.3) is 21.3 Å². The van der Waals surface area contributed by atoms with Gasteiger partial charge in [-0.1, -0.05) is 108 Å². The molecule has 0 saturated carbocycles. The Hall–Kier alpha value is -0.197. The first-order chi connectivity index (χ1) is 13.9.